The van der Waals surface area contributed by atoms with Crippen LogP contribution >= 0.6 is 11.8 Å². The molecule has 2 rings (SSSR count). The average molecular weight is 296 g/mol. The van der Waals surface area contributed by atoms with E-state index in [1.165, 1.54) is 24.9 Å². The number of thioether (sulfide) groups is 1. The molecule has 0 saturated carbocycles. The van der Waals surface area contributed by atoms with Gasteiger partial charge >= 0.3 is 5.97 Å². The fourth-order valence-corrected chi connectivity index (χ4v) is 2.70. The van der Waals surface area contributed by atoms with Crippen LogP contribution in [0, 0.1) is 0 Å². The molecule has 1 N–H and O–H groups in total. The number of fused-ring (bicyclic) bond motifs is 1. The summed E-state index contributed by atoms with van der Waals surface area (Å²) in [6.07, 6.45) is 0. The molecule has 0 aliphatic carbocycles. The van der Waals surface area contributed by atoms with E-state index in [0.717, 1.165) is 5.69 Å². The minimum absolute atomic E-state index is 0.128. The molecule has 0 fully saturated rings. The first-order chi connectivity index (χ1) is 9.43. The number of hydrogen-bond donors (Lipinski definition) is 1. The predicted molar refractivity (Wildman–Crippen MR) is 75.0 cm³/mol. The summed E-state index contributed by atoms with van der Waals surface area (Å²) < 4.78 is 6.45. The third kappa shape index (κ3) is 2.69. The molecule has 7 nitrogen and oxygen atoms in total. The normalized spacial score (nSPS) is 12.8. The number of nitrogens with zero attached hydrogens (tertiary/aromatic N) is 3. The van der Waals surface area contributed by atoms with Crippen LogP contribution in [0.2, 0.25) is 0 Å². The maximum Gasteiger partial charge on any atom is 0.318 e. The van der Waals surface area contributed by atoms with Gasteiger partial charge in [-0.15, -0.1) is 10.2 Å². The minimum atomic E-state index is -0.403. The highest BCUT2D eigenvalue weighted by atomic mass is 32.2. The Balaban J connectivity index is 2.50. The van der Waals surface area contributed by atoms with E-state index in [9.17, 15) is 9.59 Å². The lowest BCUT2D eigenvalue weighted by Gasteiger charge is -2.11. The fraction of sp³-hybridized carbons (Fsp3) is 0.500. The van der Waals surface area contributed by atoms with Crippen molar-refractivity contribution in [2.75, 3.05) is 7.11 Å². The largest absolute Gasteiger partial charge is 0.468 e. The standard InChI is InChI=1S/C12H16N4O3S/c1-6(2)8-5-9(17)13-11-14-15-12(16(8)11)20-7(3)10(18)19-4/h5-7H,1-4H3,(H,13,14,17). The van der Waals surface area contributed by atoms with Gasteiger partial charge in [0.25, 0.3) is 5.56 Å². The number of esters is 1. The van der Waals surface area contributed by atoms with Gasteiger partial charge in [-0.25, -0.2) is 0 Å². The Morgan fingerprint density at radius 2 is 2.10 bits per heavy atom. The van der Waals surface area contributed by atoms with Gasteiger partial charge in [0.05, 0.1) is 7.11 Å². The zero-order chi connectivity index (χ0) is 14.9. The molecule has 0 saturated heterocycles. The number of aromatic amines is 1. The summed E-state index contributed by atoms with van der Waals surface area (Å²) in [5.41, 5.74) is 0.583. The third-order valence-corrected chi connectivity index (χ3v) is 3.83. The zero-order valence-corrected chi connectivity index (χ0v) is 12.5. The SMILES string of the molecule is COC(=O)C(C)Sc1nnc2[nH]c(=O)cc(C(C)C)n12. The molecule has 0 aliphatic rings. The van der Waals surface area contributed by atoms with Crippen LogP contribution in [0.1, 0.15) is 32.4 Å². The van der Waals surface area contributed by atoms with Crippen LogP contribution in [0.5, 0.6) is 0 Å². The molecular weight excluding hydrogens is 280 g/mol. The lowest BCUT2D eigenvalue weighted by molar-refractivity contribution is -0.139. The molecule has 8 heteroatoms. The van der Waals surface area contributed by atoms with Gasteiger partial charge in [-0.2, -0.15) is 0 Å². The molecule has 0 radical (unpaired) electrons. The quantitative estimate of drug-likeness (QED) is 0.673. The number of H-pyrrole nitrogens is 1. The summed E-state index contributed by atoms with van der Waals surface area (Å²) in [7, 11) is 1.35. The number of hydrogen-bond acceptors (Lipinski definition) is 6. The molecule has 0 aliphatic heterocycles. The summed E-state index contributed by atoms with van der Waals surface area (Å²) >= 11 is 1.24. The number of aromatic nitrogens is 4. The van der Waals surface area contributed by atoms with Crippen LogP contribution in [-0.4, -0.2) is 37.9 Å². The number of rotatable bonds is 4. The Hall–Kier alpha value is -1.83. The van der Waals surface area contributed by atoms with Crippen LogP contribution in [0.15, 0.2) is 16.0 Å². The van der Waals surface area contributed by atoms with Crippen molar-refractivity contribution < 1.29 is 9.53 Å². The second-order valence-electron chi connectivity index (χ2n) is 4.64. The van der Waals surface area contributed by atoms with E-state index in [4.69, 9.17) is 4.74 Å². The number of nitrogens with one attached hydrogen (secondary N) is 1. The minimum Gasteiger partial charge on any atom is -0.468 e. The smallest absolute Gasteiger partial charge is 0.318 e. The Labute approximate surface area is 119 Å². The molecule has 1 unspecified atom stereocenters. The second-order valence-corrected chi connectivity index (χ2v) is 5.95. The Morgan fingerprint density at radius 1 is 1.40 bits per heavy atom. The molecule has 0 aromatic carbocycles. The van der Waals surface area contributed by atoms with E-state index < -0.39 is 5.25 Å². The second kappa shape index (κ2) is 5.66. The van der Waals surface area contributed by atoms with Gasteiger partial charge in [-0.1, -0.05) is 25.6 Å². The topological polar surface area (TPSA) is 89.3 Å². The lowest BCUT2D eigenvalue weighted by atomic mass is 10.1. The Morgan fingerprint density at radius 3 is 2.70 bits per heavy atom. The van der Waals surface area contributed by atoms with Crippen LogP contribution in [-0.2, 0) is 9.53 Å². The Kier molecular flexibility index (Phi) is 4.12. The molecule has 108 valence electrons. The summed E-state index contributed by atoms with van der Waals surface area (Å²) in [4.78, 5) is 25.7. The van der Waals surface area contributed by atoms with Crippen molar-refractivity contribution in [2.24, 2.45) is 0 Å². The molecule has 2 heterocycles. The first kappa shape index (κ1) is 14.6. The maximum atomic E-state index is 11.6. The van der Waals surface area contributed by atoms with E-state index in [-0.39, 0.29) is 17.4 Å². The van der Waals surface area contributed by atoms with Crippen molar-refractivity contribution in [1.29, 1.82) is 0 Å². The van der Waals surface area contributed by atoms with Crippen LogP contribution in [0.4, 0.5) is 0 Å². The highest BCUT2D eigenvalue weighted by Crippen LogP contribution is 2.25. The maximum absolute atomic E-state index is 11.6. The lowest BCUT2D eigenvalue weighted by Crippen LogP contribution is -2.16. The van der Waals surface area contributed by atoms with Gasteiger partial charge in [0, 0.05) is 11.8 Å². The number of ether oxygens (including phenoxy) is 1. The first-order valence-corrected chi connectivity index (χ1v) is 7.04. The molecule has 2 aromatic rings. The molecule has 2 aromatic heterocycles. The predicted octanol–water partition coefficient (Wildman–Crippen LogP) is 1.19. The van der Waals surface area contributed by atoms with Crippen molar-refractivity contribution in [1.82, 2.24) is 19.6 Å². The van der Waals surface area contributed by atoms with E-state index in [0.29, 0.717) is 10.9 Å². The first-order valence-electron chi connectivity index (χ1n) is 6.17. The van der Waals surface area contributed by atoms with Gasteiger partial charge in [0.2, 0.25) is 5.78 Å². The number of methoxy groups -OCH3 is 1. The van der Waals surface area contributed by atoms with Gasteiger partial charge in [-0.05, 0) is 12.8 Å². The number of carbonyl (C=O) groups is 1. The zero-order valence-electron chi connectivity index (χ0n) is 11.7. The van der Waals surface area contributed by atoms with Gasteiger partial charge in [0.1, 0.15) is 5.25 Å². The molecule has 0 bridgehead atoms. The summed E-state index contributed by atoms with van der Waals surface area (Å²) in [6.45, 7) is 5.69. The van der Waals surface area contributed by atoms with Crippen molar-refractivity contribution in [3.05, 3.63) is 22.1 Å². The van der Waals surface area contributed by atoms with E-state index in [1.807, 2.05) is 13.8 Å². The van der Waals surface area contributed by atoms with Crippen molar-refractivity contribution in [2.45, 2.75) is 37.1 Å². The Bertz CT molecular complexity index is 692. The van der Waals surface area contributed by atoms with Crippen LogP contribution in [0.3, 0.4) is 0 Å². The molecule has 0 spiro atoms. The average Bonchev–Trinajstić information content (AvgIpc) is 2.79. The summed E-state index contributed by atoms with van der Waals surface area (Å²) in [6, 6.07) is 1.52. The molecule has 0 amide bonds. The van der Waals surface area contributed by atoms with E-state index in [2.05, 4.69) is 15.2 Å². The molecule has 20 heavy (non-hydrogen) atoms. The van der Waals surface area contributed by atoms with Crippen LogP contribution in [0.25, 0.3) is 5.78 Å². The summed E-state index contributed by atoms with van der Waals surface area (Å²) in [5, 5.41) is 8.13. The van der Waals surface area contributed by atoms with Gasteiger partial charge in [0.15, 0.2) is 5.16 Å². The van der Waals surface area contributed by atoms with Crippen molar-refractivity contribution in [3.8, 4) is 0 Å². The van der Waals surface area contributed by atoms with Crippen molar-refractivity contribution >= 4 is 23.5 Å². The highest BCUT2D eigenvalue weighted by molar-refractivity contribution is 8.00. The van der Waals surface area contributed by atoms with Crippen LogP contribution < -0.4 is 5.56 Å². The van der Waals surface area contributed by atoms with Gasteiger partial charge in [-0.3, -0.25) is 19.0 Å². The van der Waals surface area contributed by atoms with E-state index in [1.54, 1.807) is 11.3 Å². The highest BCUT2D eigenvalue weighted by Gasteiger charge is 2.20. The number of carbonyl (C=O) groups excluding carboxylic acids is 1. The van der Waals surface area contributed by atoms with Gasteiger partial charge < -0.3 is 4.74 Å². The monoisotopic (exact) mass is 296 g/mol. The summed E-state index contributed by atoms with van der Waals surface area (Å²) in [5.74, 6) is 0.173. The third-order valence-electron chi connectivity index (χ3n) is 2.81. The van der Waals surface area contributed by atoms with E-state index >= 15 is 0 Å². The molecule has 1 atom stereocenters. The fourth-order valence-electron chi connectivity index (χ4n) is 1.80. The molecular formula is C12H16N4O3S. The van der Waals surface area contributed by atoms with Crippen molar-refractivity contribution in [3.63, 3.8) is 0 Å².